The maximum absolute atomic E-state index is 12.4. The number of aryl methyl sites for hydroxylation is 2. The summed E-state index contributed by atoms with van der Waals surface area (Å²) < 4.78 is 0. The van der Waals surface area contributed by atoms with Gasteiger partial charge in [0.2, 0.25) is 0 Å². The molecule has 1 aromatic heterocycles. The van der Waals surface area contributed by atoms with E-state index in [1.54, 1.807) is 12.3 Å². The molecule has 0 bridgehead atoms. The van der Waals surface area contributed by atoms with Crippen LogP contribution in [0.3, 0.4) is 0 Å². The van der Waals surface area contributed by atoms with Crippen LogP contribution in [0.4, 0.5) is 11.4 Å². The standard InChI is InChI=1S/C19H23N3O/c1-13-6-5-7-14(2)18(13)22-19(23)17-11-10-16(12-20-17)21-15-8-3-4-9-15/h5-7,10-12,15,21H,3-4,8-9H2,1-2H3,(H,22,23). The third kappa shape index (κ3) is 3.70. The van der Waals surface area contributed by atoms with Gasteiger partial charge in [-0.05, 0) is 49.9 Å². The number of carbonyl (C=O) groups is 1. The molecule has 0 unspecified atom stereocenters. The van der Waals surface area contributed by atoms with Gasteiger partial charge in [-0.15, -0.1) is 0 Å². The zero-order valence-electron chi connectivity index (χ0n) is 13.7. The minimum atomic E-state index is -0.171. The van der Waals surface area contributed by atoms with Crippen molar-refractivity contribution in [2.24, 2.45) is 0 Å². The predicted octanol–water partition coefficient (Wildman–Crippen LogP) is 4.31. The number of pyridine rings is 1. The van der Waals surface area contributed by atoms with E-state index >= 15 is 0 Å². The topological polar surface area (TPSA) is 54.0 Å². The number of hydrogen-bond donors (Lipinski definition) is 2. The van der Waals surface area contributed by atoms with Gasteiger partial charge in [-0.2, -0.15) is 0 Å². The molecule has 2 aromatic rings. The van der Waals surface area contributed by atoms with Gasteiger partial charge in [-0.1, -0.05) is 31.0 Å². The van der Waals surface area contributed by atoms with E-state index < -0.39 is 0 Å². The van der Waals surface area contributed by atoms with Crippen LogP contribution in [0.1, 0.15) is 47.3 Å². The lowest BCUT2D eigenvalue weighted by Gasteiger charge is -2.14. The monoisotopic (exact) mass is 309 g/mol. The Kier molecular flexibility index (Phi) is 4.60. The molecule has 1 heterocycles. The van der Waals surface area contributed by atoms with Crippen molar-refractivity contribution in [1.29, 1.82) is 0 Å². The number of nitrogens with one attached hydrogen (secondary N) is 2. The minimum absolute atomic E-state index is 0.171. The fourth-order valence-corrected chi connectivity index (χ4v) is 3.11. The summed E-state index contributed by atoms with van der Waals surface area (Å²) in [6.07, 6.45) is 6.77. The highest BCUT2D eigenvalue weighted by molar-refractivity contribution is 6.03. The molecule has 0 aliphatic heterocycles. The highest BCUT2D eigenvalue weighted by Gasteiger charge is 2.15. The van der Waals surface area contributed by atoms with E-state index in [0.717, 1.165) is 22.5 Å². The highest BCUT2D eigenvalue weighted by atomic mass is 16.1. The first kappa shape index (κ1) is 15.5. The minimum Gasteiger partial charge on any atom is -0.381 e. The van der Waals surface area contributed by atoms with Gasteiger partial charge in [0.25, 0.3) is 5.91 Å². The molecule has 1 aliphatic carbocycles. The second-order valence-electron chi connectivity index (χ2n) is 6.28. The van der Waals surface area contributed by atoms with Crippen LogP contribution >= 0.6 is 0 Å². The second kappa shape index (κ2) is 6.82. The summed E-state index contributed by atoms with van der Waals surface area (Å²) in [5.41, 5.74) is 4.40. The van der Waals surface area contributed by atoms with Crippen molar-refractivity contribution in [1.82, 2.24) is 4.98 Å². The zero-order chi connectivity index (χ0) is 16.2. The Morgan fingerprint density at radius 1 is 1.09 bits per heavy atom. The van der Waals surface area contributed by atoms with Crippen molar-refractivity contribution in [2.75, 3.05) is 10.6 Å². The fourth-order valence-electron chi connectivity index (χ4n) is 3.11. The van der Waals surface area contributed by atoms with Crippen LogP contribution in [0, 0.1) is 13.8 Å². The summed E-state index contributed by atoms with van der Waals surface area (Å²) in [5, 5.41) is 6.45. The molecule has 1 saturated carbocycles. The fraction of sp³-hybridized carbons (Fsp3) is 0.368. The maximum atomic E-state index is 12.4. The SMILES string of the molecule is Cc1cccc(C)c1NC(=O)c1ccc(NC2CCCC2)cn1. The number of nitrogens with zero attached hydrogens (tertiary/aromatic N) is 1. The van der Waals surface area contributed by atoms with Crippen molar-refractivity contribution in [3.8, 4) is 0 Å². The first-order valence-corrected chi connectivity index (χ1v) is 8.23. The summed E-state index contributed by atoms with van der Waals surface area (Å²) in [4.78, 5) is 16.7. The Hall–Kier alpha value is -2.36. The Balaban J connectivity index is 1.67. The van der Waals surface area contributed by atoms with Gasteiger partial charge in [-0.25, -0.2) is 4.98 Å². The van der Waals surface area contributed by atoms with E-state index in [1.807, 2.05) is 38.1 Å². The Morgan fingerprint density at radius 2 is 1.78 bits per heavy atom. The van der Waals surface area contributed by atoms with Crippen molar-refractivity contribution in [3.63, 3.8) is 0 Å². The molecule has 1 aliphatic rings. The number of rotatable bonds is 4. The third-order valence-electron chi connectivity index (χ3n) is 4.44. The molecule has 1 aromatic carbocycles. The van der Waals surface area contributed by atoms with E-state index in [1.165, 1.54) is 25.7 Å². The van der Waals surface area contributed by atoms with Gasteiger partial charge in [0, 0.05) is 11.7 Å². The molecular weight excluding hydrogens is 286 g/mol. The maximum Gasteiger partial charge on any atom is 0.274 e. The summed E-state index contributed by atoms with van der Waals surface area (Å²) in [6.45, 7) is 3.98. The smallest absolute Gasteiger partial charge is 0.274 e. The van der Waals surface area contributed by atoms with Crippen LogP contribution in [-0.4, -0.2) is 16.9 Å². The van der Waals surface area contributed by atoms with Crippen molar-refractivity contribution in [3.05, 3.63) is 53.3 Å². The van der Waals surface area contributed by atoms with Crippen LogP contribution in [0.5, 0.6) is 0 Å². The van der Waals surface area contributed by atoms with Gasteiger partial charge in [0.05, 0.1) is 11.9 Å². The molecule has 0 radical (unpaired) electrons. The van der Waals surface area contributed by atoms with Crippen LogP contribution < -0.4 is 10.6 Å². The average Bonchev–Trinajstić information content (AvgIpc) is 3.04. The number of anilines is 2. The van der Waals surface area contributed by atoms with Crippen LogP contribution in [0.2, 0.25) is 0 Å². The molecule has 0 spiro atoms. The summed E-state index contributed by atoms with van der Waals surface area (Å²) in [6, 6.07) is 10.2. The summed E-state index contributed by atoms with van der Waals surface area (Å²) in [7, 11) is 0. The Bertz CT molecular complexity index is 668. The predicted molar refractivity (Wildman–Crippen MR) is 94.0 cm³/mol. The van der Waals surface area contributed by atoms with Gasteiger partial charge < -0.3 is 10.6 Å². The quantitative estimate of drug-likeness (QED) is 0.885. The number of para-hydroxylation sites is 1. The number of hydrogen-bond acceptors (Lipinski definition) is 3. The van der Waals surface area contributed by atoms with Gasteiger partial charge in [-0.3, -0.25) is 4.79 Å². The first-order chi connectivity index (χ1) is 11.1. The molecule has 1 fully saturated rings. The van der Waals surface area contributed by atoms with Gasteiger partial charge in [0.15, 0.2) is 0 Å². The molecule has 2 N–H and O–H groups in total. The highest BCUT2D eigenvalue weighted by Crippen LogP contribution is 2.23. The van der Waals surface area contributed by atoms with Crippen LogP contribution in [0.25, 0.3) is 0 Å². The van der Waals surface area contributed by atoms with E-state index in [0.29, 0.717) is 11.7 Å². The summed E-state index contributed by atoms with van der Waals surface area (Å²) >= 11 is 0. The number of carbonyl (C=O) groups excluding carboxylic acids is 1. The van der Waals surface area contributed by atoms with E-state index in [4.69, 9.17) is 0 Å². The van der Waals surface area contributed by atoms with Crippen LogP contribution in [0.15, 0.2) is 36.5 Å². The van der Waals surface area contributed by atoms with Crippen molar-refractivity contribution in [2.45, 2.75) is 45.6 Å². The van der Waals surface area contributed by atoms with Gasteiger partial charge in [0.1, 0.15) is 5.69 Å². The number of aromatic nitrogens is 1. The lowest BCUT2D eigenvalue weighted by atomic mass is 10.1. The number of benzene rings is 1. The lowest BCUT2D eigenvalue weighted by Crippen LogP contribution is -2.17. The summed E-state index contributed by atoms with van der Waals surface area (Å²) in [5.74, 6) is -0.171. The van der Waals surface area contributed by atoms with Gasteiger partial charge >= 0.3 is 0 Å². The number of amides is 1. The van der Waals surface area contributed by atoms with E-state index in [-0.39, 0.29) is 5.91 Å². The largest absolute Gasteiger partial charge is 0.381 e. The molecule has 120 valence electrons. The third-order valence-corrected chi connectivity index (χ3v) is 4.44. The molecule has 4 heteroatoms. The molecule has 3 rings (SSSR count). The Morgan fingerprint density at radius 3 is 2.39 bits per heavy atom. The normalized spacial score (nSPS) is 14.7. The lowest BCUT2D eigenvalue weighted by molar-refractivity contribution is 0.102. The van der Waals surface area contributed by atoms with E-state index in [2.05, 4.69) is 15.6 Å². The molecule has 23 heavy (non-hydrogen) atoms. The molecule has 0 saturated heterocycles. The Labute approximate surface area is 137 Å². The zero-order valence-corrected chi connectivity index (χ0v) is 13.7. The van der Waals surface area contributed by atoms with E-state index in [9.17, 15) is 4.79 Å². The molecule has 4 nitrogen and oxygen atoms in total. The van der Waals surface area contributed by atoms with Crippen LogP contribution in [-0.2, 0) is 0 Å². The second-order valence-corrected chi connectivity index (χ2v) is 6.28. The molecular formula is C19H23N3O. The average molecular weight is 309 g/mol. The molecule has 0 atom stereocenters. The van der Waals surface area contributed by atoms with Crippen molar-refractivity contribution < 1.29 is 4.79 Å². The van der Waals surface area contributed by atoms with Crippen molar-refractivity contribution >= 4 is 17.3 Å². The first-order valence-electron chi connectivity index (χ1n) is 8.23. The molecule has 1 amide bonds.